The minimum absolute atomic E-state index is 0.156. The maximum atomic E-state index is 10.5. The normalized spacial score (nSPS) is 19.1. The lowest BCUT2D eigenvalue weighted by atomic mass is 9.98. The maximum Gasteiger partial charge on any atom is 0.136 e. The van der Waals surface area contributed by atoms with Gasteiger partial charge in [-0.2, -0.15) is 0 Å². The molecule has 1 N–H and O–H groups in total. The quantitative estimate of drug-likeness (QED) is 0.745. The van der Waals surface area contributed by atoms with Crippen LogP contribution in [0.5, 0.6) is 0 Å². The minimum atomic E-state index is -0.882. The molecule has 2 aromatic heterocycles. The van der Waals surface area contributed by atoms with Crippen molar-refractivity contribution in [3.8, 4) is 0 Å². The summed E-state index contributed by atoms with van der Waals surface area (Å²) < 4.78 is 7.74. The summed E-state index contributed by atoms with van der Waals surface area (Å²) in [6, 6.07) is 7.87. The number of hydrogen-bond acceptors (Lipinski definition) is 4. The lowest BCUT2D eigenvalue weighted by Crippen LogP contribution is -2.39. The Labute approximate surface area is 122 Å². The number of para-hydroxylation sites is 1. The van der Waals surface area contributed by atoms with Gasteiger partial charge in [-0.05, 0) is 19.9 Å². The molecule has 5 nitrogen and oxygen atoms in total. The van der Waals surface area contributed by atoms with Crippen molar-refractivity contribution in [1.29, 1.82) is 0 Å². The number of ether oxygens (including phenoxy) is 1. The summed E-state index contributed by atoms with van der Waals surface area (Å²) in [5.41, 5.74) is 1.94. The van der Waals surface area contributed by atoms with E-state index < -0.39 is 5.60 Å². The van der Waals surface area contributed by atoms with Gasteiger partial charge in [-0.1, -0.05) is 18.2 Å². The van der Waals surface area contributed by atoms with Crippen molar-refractivity contribution < 1.29 is 9.84 Å². The van der Waals surface area contributed by atoms with Crippen LogP contribution in [-0.2, 0) is 11.3 Å². The highest BCUT2D eigenvalue weighted by atomic mass is 16.5. The Hall–Kier alpha value is -1.98. The molecular weight excluding hydrogens is 266 g/mol. The first-order valence-electron chi connectivity index (χ1n) is 7.10. The van der Waals surface area contributed by atoms with Crippen LogP contribution in [0.3, 0.4) is 0 Å². The summed E-state index contributed by atoms with van der Waals surface area (Å²) in [4.78, 5) is 9.09. The summed E-state index contributed by atoms with van der Waals surface area (Å²) in [5.74, 6) is 0.849. The van der Waals surface area contributed by atoms with Gasteiger partial charge in [0.15, 0.2) is 0 Å². The van der Waals surface area contributed by atoms with E-state index in [2.05, 4.69) is 20.6 Å². The van der Waals surface area contributed by atoms with Crippen LogP contribution >= 0.6 is 0 Å². The summed E-state index contributed by atoms with van der Waals surface area (Å²) in [6.07, 6.45) is 1.80. The molecule has 5 heteroatoms. The molecule has 0 amide bonds. The highest BCUT2D eigenvalue weighted by Crippen LogP contribution is 2.34. The van der Waals surface area contributed by atoms with Gasteiger partial charge in [0.1, 0.15) is 17.9 Å². The molecule has 3 heterocycles. The average Bonchev–Trinajstić information content (AvgIpc) is 2.84. The average molecular weight is 283 g/mol. The number of hydrogen-bond donors (Lipinski definition) is 1. The van der Waals surface area contributed by atoms with Crippen LogP contribution < -0.4 is 0 Å². The first-order chi connectivity index (χ1) is 10.1. The van der Waals surface area contributed by atoms with Crippen LogP contribution in [0.25, 0.3) is 21.9 Å². The number of aliphatic hydroxyl groups is 1. The summed E-state index contributed by atoms with van der Waals surface area (Å²) in [5, 5.41) is 11.6. The molecule has 1 aliphatic heterocycles. The summed E-state index contributed by atoms with van der Waals surface area (Å²) in [6.45, 7) is 4.57. The van der Waals surface area contributed by atoms with E-state index in [0.29, 0.717) is 13.2 Å². The van der Waals surface area contributed by atoms with Crippen LogP contribution in [0, 0.1) is 0 Å². The van der Waals surface area contributed by atoms with E-state index in [1.807, 2.05) is 32.0 Å². The van der Waals surface area contributed by atoms with Gasteiger partial charge in [-0.3, -0.25) is 4.98 Å². The topological polar surface area (TPSA) is 60.2 Å². The van der Waals surface area contributed by atoms with Crippen molar-refractivity contribution in [2.24, 2.45) is 0 Å². The zero-order valence-electron chi connectivity index (χ0n) is 12.1. The fourth-order valence-corrected chi connectivity index (χ4v) is 3.07. The summed E-state index contributed by atoms with van der Waals surface area (Å²) in [7, 11) is 0. The Balaban J connectivity index is 2.11. The molecule has 0 aliphatic carbocycles. The minimum Gasteiger partial charge on any atom is -0.388 e. The van der Waals surface area contributed by atoms with Crippen LogP contribution in [0.4, 0.5) is 0 Å². The van der Waals surface area contributed by atoms with Crippen LogP contribution in [-0.4, -0.2) is 31.8 Å². The van der Waals surface area contributed by atoms with E-state index >= 15 is 0 Å². The number of aromatic nitrogens is 3. The van der Waals surface area contributed by atoms with Crippen molar-refractivity contribution in [2.75, 3.05) is 6.61 Å². The second-order valence-corrected chi connectivity index (χ2v) is 6.09. The van der Waals surface area contributed by atoms with E-state index in [4.69, 9.17) is 4.74 Å². The van der Waals surface area contributed by atoms with Crippen molar-refractivity contribution in [3.63, 3.8) is 0 Å². The molecule has 0 unspecified atom stereocenters. The molecule has 0 saturated heterocycles. The van der Waals surface area contributed by atoms with Gasteiger partial charge in [0.25, 0.3) is 0 Å². The third kappa shape index (κ3) is 1.85. The van der Waals surface area contributed by atoms with E-state index in [9.17, 15) is 5.11 Å². The first-order valence-corrected chi connectivity index (χ1v) is 7.10. The SMILES string of the molecule is CC(C)(O)[C@H]1COCc2nc3cnc4ccccc4c3n21. The van der Waals surface area contributed by atoms with Gasteiger partial charge in [-0.25, -0.2) is 4.98 Å². The lowest BCUT2D eigenvalue weighted by molar-refractivity contribution is -0.0452. The Morgan fingerprint density at radius 1 is 1.29 bits per heavy atom. The molecule has 0 fully saturated rings. The molecule has 3 aromatic rings. The summed E-state index contributed by atoms with van der Waals surface area (Å²) >= 11 is 0. The second-order valence-electron chi connectivity index (χ2n) is 6.09. The molecule has 0 spiro atoms. The van der Waals surface area contributed by atoms with Crippen molar-refractivity contribution in [3.05, 3.63) is 36.3 Å². The van der Waals surface area contributed by atoms with Crippen molar-refractivity contribution in [2.45, 2.75) is 32.1 Å². The predicted molar refractivity (Wildman–Crippen MR) is 80.0 cm³/mol. The fraction of sp³-hybridized carbons (Fsp3) is 0.375. The Bertz CT molecular complexity index is 833. The maximum absolute atomic E-state index is 10.5. The lowest BCUT2D eigenvalue weighted by Gasteiger charge is -2.34. The number of nitrogens with zero attached hydrogens (tertiary/aromatic N) is 3. The smallest absolute Gasteiger partial charge is 0.136 e. The molecule has 108 valence electrons. The third-order valence-electron chi connectivity index (χ3n) is 4.13. The molecule has 0 bridgehead atoms. The first kappa shape index (κ1) is 12.7. The van der Waals surface area contributed by atoms with Gasteiger partial charge in [0.2, 0.25) is 0 Å². The predicted octanol–water partition coefficient (Wildman–Crippen LogP) is 2.43. The van der Waals surface area contributed by atoms with Crippen LogP contribution in [0.2, 0.25) is 0 Å². The fourth-order valence-electron chi connectivity index (χ4n) is 3.07. The Morgan fingerprint density at radius 2 is 2.10 bits per heavy atom. The molecule has 0 saturated carbocycles. The third-order valence-corrected chi connectivity index (χ3v) is 4.13. The van der Waals surface area contributed by atoms with E-state index in [1.54, 1.807) is 6.20 Å². The van der Waals surface area contributed by atoms with Gasteiger partial charge in [-0.15, -0.1) is 0 Å². The van der Waals surface area contributed by atoms with E-state index in [0.717, 1.165) is 27.8 Å². The monoisotopic (exact) mass is 283 g/mol. The molecule has 1 aromatic carbocycles. The molecule has 0 radical (unpaired) electrons. The van der Waals surface area contributed by atoms with Crippen molar-refractivity contribution in [1.82, 2.24) is 14.5 Å². The van der Waals surface area contributed by atoms with Gasteiger partial charge < -0.3 is 14.4 Å². The number of pyridine rings is 1. The largest absolute Gasteiger partial charge is 0.388 e. The Kier molecular flexibility index (Phi) is 2.58. The van der Waals surface area contributed by atoms with Crippen molar-refractivity contribution >= 4 is 21.9 Å². The number of benzene rings is 1. The molecule has 1 atom stereocenters. The van der Waals surface area contributed by atoms with Crippen LogP contribution in [0.15, 0.2) is 30.5 Å². The highest BCUT2D eigenvalue weighted by Gasteiger charge is 2.35. The van der Waals surface area contributed by atoms with Gasteiger partial charge in [0, 0.05) is 5.39 Å². The zero-order chi connectivity index (χ0) is 14.6. The zero-order valence-corrected chi connectivity index (χ0v) is 12.1. The second kappa shape index (κ2) is 4.26. The Morgan fingerprint density at radius 3 is 2.90 bits per heavy atom. The van der Waals surface area contributed by atoms with E-state index in [-0.39, 0.29) is 6.04 Å². The van der Waals surface area contributed by atoms with Gasteiger partial charge >= 0.3 is 0 Å². The number of imidazole rings is 1. The van der Waals surface area contributed by atoms with E-state index in [1.165, 1.54) is 0 Å². The molecular formula is C16H17N3O2. The number of rotatable bonds is 1. The molecule has 4 rings (SSSR count). The van der Waals surface area contributed by atoms with Crippen LogP contribution in [0.1, 0.15) is 25.7 Å². The molecule has 1 aliphatic rings. The van der Waals surface area contributed by atoms with Gasteiger partial charge in [0.05, 0.1) is 35.5 Å². The highest BCUT2D eigenvalue weighted by molar-refractivity contribution is 6.02. The standard InChI is InChI=1S/C16H17N3O2/c1-16(2,20)13-8-21-9-14-18-12-7-17-11-6-4-3-5-10(11)15(12)19(13)14/h3-7,13,20H,8-9H2,1-2H3/t13-/m1/s1. The number of fused-ring (bicyclic) bond motifs is 5. The molecule has 21 heavy (non-hydrogen) atoms.